The van der Waals surface area contributed by atoms with Crippen LogP contribution in [0.2, 0.25) is 0 Å². The van der Waals surface area contributed by atoms with Crippen LogP contribution in [0.3, 0.4) is 0 Å². The standard InChI is InChI=1S/C31H21N3O6/c1-14-12-17(30(37)38)4-10-23(14)32-15(2)19-6-8-21-27-22(9-7-20(16(3)35)26(19)27)29(36)34-25-13-18(31(39)40)5-11-24(25)33-28(21)34/h4-13H,1-3H3,(H,37,38)(H,39,40)/b32-15+. The van der Waals surface area contributed by atoms with Crippen molar-refractivity contribution in [2.45, 2.75) is 20.8 Å². The van der Waals surface area contributed by atoms with Crippen molar-refractivity contribution in [1.82, 2.24) is 9.38 Å². The number of Topliss-reactive ketones (excluding diaryl/α,β-unsaturated/α-hetero) is 1. The Hall–Kier alpha value is -5.44. The summed E-state index contributed by atoms with van der Waals surface area (Å²) in [5.41, 5.74) is 3.96. The maximum absolute atomic E-state index is 13.8. The molecule has 196 valence electrons. The highest BCUT2D eigenvalue weighted by Crippen LogP contribution is 2.35. The number of imidazole rings is 1. The molecule has 0 aliphatic carbocycles. The normalized spacial score (nSPS) is 12.1. The molecule has 0 atom stereocenters. The number of aromatic nitrogens is 2. The van der Waals surface area contributed by atoms with E-state index in [0.29, 0.717) is 66.3 Å². The Kier molecular flexibility index (Phi) is 5.48. The zero-order valence-corrected chi connectivity index (χ0v) is 21.6. The number of benzene rings is 4. The number of nitrogens with zero attached hydrogens (tertiary/aromatic N) is 3. The molecule has 40 heavy (non-hydrogen) atoms. The van der Waals surface area contributed by atoms with Crippen LogP contribution in [0, 0.1) is 6.92 Å². The number of carbonyl (C=O) groups is 3. The SMILES string of the molecule is CC(=O)c1ccc2c(=O)n3c4cc(C(=O)O)ccc4nc3c3ccc(/C(C)=N/c4ccc(C(=O)O)cc4C)c1c23. The Labute approximate surface area is 226 Å². The molecule has 0 unspecified atom stereocenters. The number of hydrogen-bond acceptors (Lipinski definition) is 6. The van der Waals surface area contributed by atoms with Gasteiger partial charge in [0, 0.05) is 38.4 Å². The molecule has 0 radical (unpaired) electrons. The molecule has 0 saturated carbocycles. The molecule has 2 N–H and O–H groups in total. The Morgan fingerprint density at radius 1 is 0.800 bits per heavy atom. The van der Waals surface area contributed by atoms with Gasteiger partial charge in [-0.25, -0.2) is 14.6 Å². The van der Waals surface area contributed by atoms with Crippen LogP contribution in [0.15, 0.2) is 70.5 Å². The number of pyridine rings is 1. The maximum atomic E-state index is 13.8. The van der Waals surface area contributed by atoms with Crippen molar-refractivity contribution in [1.29, 1.82) is 0 Å². The number of aliphatic imine (C=N–C) groups is 1. The first kappa shape index (κ1) is 24.9. The first-order valence-electron chi connectivity index (χ1n) is 12.4. The fraction of sp³-hybridized carbons (Fsp3) is 0.0968. The fourth-order valence-corrected chi connectivity index (χ4v) is 5.32. The van der Waals surface area contributed by atoms with E-state index in [1.165, 1.54) is 29.5 Å². The molecule has 0 aliphatic rings. The van der Waals surface area contributed by atoms with Crippen molar-refractivity contribution in [3.05, 3.63) is 98.8 Å². The van der Waals surface area contributed by atoms with E-state index in [-0.39, 0.29) is 22.5 Å². The van der Waals surface area contributed by atoms with Crippen molar-refractivity contribution in [3.8, 4) is 0 Å². The van der Waals surface area contributed by atoms with Gasteiger partial charge < -0.3 is 10.2 Å². The minimum atomic E-state index is -1.11. The van der Waals surface area contributed by atoms with E-state index in [1.54, 1.807) is 44.2 Å². The maximum Gasteiger partial charge on any atom is 0.335 e. The first-order valence-corrected chi connectivity index (χ1v) is 12.4. The summed E-state index contributed by atoms with van der Waals surface area (Å²) >= 11 is 0. The summed E-state index contributed by atoms with van der Waals surface area (Å²) in [6, 6.07) is 16.0. The van der Waals surface area contributed by atoms with E-state index in [1.807, 2.05) is 12.1 Å². The van der Waals surface area contributed by atoms with E-state index in [0.717, 1.165) is 0 Å². The molecule has 0 amide bonds. The predicted molar refractivity (Wildman–Crippen MR) is 152 cm³/mol. The molecule has 2 heterocycles. The van der Waals surface area contributed by atoms with E-state index in [2.05, 4.69) is 4.98 Å². The van der Waals surface area contributed by atoms with Crippen LogP contribution < -0.4 is 5.56 Å². The van der Waals surface area contributed by atoms with Crippen molar-refractivity contribution in [2.24, 2.45) is 4.99 Å². The van der Waals surface area contributed by atoms with Gasteiger partial charge in [-0.05, 0) is 80.9 Å². The van der Waals surface area contributed by atoms with E-state index >= 15 is 0 Å². The molecular formula is C31H21N3O6. The molecule has 9 nitrogen and oxygen atoms in total. The van der Waals surface area contributed by atoms with Crippen LogP contribution in [0.25, 0.3) is 38.2 Å². The summed E-state index contributed by atoms with van der Waals surface area (Å²) < 4.78 is 1.42. The summed E-state index contributed by atoms with van der Waals surface area (Å²) in [5, 5.41) is 20.9. The smallest absolute Gasteiger partial charge is 0.335 e. The number of fused-ring (bicyclic) bond motifs is 4. The average Bonchev–Trinajstić information content (AvgIpc) is 3.31. The molecule has 9 heteroatoms. The van der Waals surface area contributed by atoms with Gasteiger partial charge in [0.2, 0.25) is 0 Å². The highest BCUT2D eigenvalue weighted by molar-refractivity contribution is 6.27. The number of rotatable bonds is 5. The van der Waals surface area contributed by atoms with Crippen LogP contribution in [-0.2, 0) is 0 Å². The van der Waals surface area contributed by atoms with Gasteiger partial charge in [0.05, 0.1) is 27.8 Å². The minimum absolute atomic E-state index is 0.0414. The molecule has 2 aromatic heterocycles. The Bertz CT molecular complexity index is 2190. The number of carboxylic acids is 2. The second-order valence-electron chi connectivity index (χ2n) is 9.72. The Balaban J connectivity index is 1.70. The summed E-state index contributed by atoms with van der Waals surface area (Å²) in [6.07, 6.45) is 0. The summed E-state index contributed by atoms with van der Waals surface area (Å²) in [7, 11) is 0. The van der Waals surface area contributed by atoms with Gasteiger partial charge in [-0.2, -0.15) is 0 Å². The van der Waals surface area contributed by atoms with Gasteiger partial charge >= 0.3 is 11.9 Å². The van der Waals surface area contributed by atoms with Crippen LogP contribution in [0.5, 0.6) is 0 Å². The molecule has 0 aliphatic heterocycles. The average molecular weight is 532 g/mol. The zero-order valence-electron chi connectivity index (χ0n) is 21.6. The number of carboxylic acid groups (broad SMARTS) is 2. The molecule has 0 spiro atoms. The summed E-state index contributed by atoms with van der Waals surface area (Å²) in [4.78, 5) is 59.0. The van der Waals surface area contributed by atoms with Gasteiger partial charge in [0.1, 0.15) is 5.65 Å². The molecular weight excluding hydrogens is 510 g/mol. The molecule has 0 fully saturated rings. The number of ketones is 1. The second kappa shape index (κ2) is 8.81. The van der Waals surface area contributed by atoms with E-state index < -0.39 is 11.9 Å². The van der Waals surface area contributed by atoms with Gasteiger partial charge in [-0.15, -0.1) is 0 Å². The number of carbonyl (C=O) groups excluding carboxylic acids is 1. The van der Waals surface area contributed by atoms with Crippen LogP contribution >= 0.6 is 0 Å². The Morgan fingerprint density at radius 2 is 1.45 bits per heavy atom. The molecule has 6 aromatic rings. The highest BCUT2D eigenvalue weighted by Gasteiger charge is 2.22. The lowest BCUT2D eigenvalue weighted by Crippen LogP contribution is -2.15. The van der Waals surface area contributed by atoms with Crippen molar-refractivity contribution >= 4 is 67.3 Å². The molecule has 0 saturated heterocycles. The first-order chi connectivity index (χ1) is 19.1. The third-order valence-electron chi connectivity index (χ3n) is 7.24. The Morgan fingerprint density at radius 3 is 2.12 bits per heavy atom. The van der Waals surface area contributed by atoms with Gasteiger partial charge in [0.25, 0.3) is 5.56 Å². The monoisotopic (exact) mass is 531 g/mol. The molecule has 4 aromatic carbocycles. The van der Waals surface area contributed by atoms with E-state index in [4.69, 9.17) is 4.99 Å². The predicted octanol–water partition coefficient (Wildman–Crippen LogP) is 5.64. The number of aryl methyl sites for hydroxylation is 1. The molecule has 6 rings (SSSR count). The second-order valence-corrected chi connectivity index (χ2v) is 9.72. The van der Waals surface area contributed by atoms with Crippen molar-refractivity contribution in [3.63, 3.8) is 0 Å². The summed E-state index contributed by atoms with van der Waals surface area (Å²) in [5.74, 6) is -2.32. The number of aromatic carboxylic acids is 2. The quantitative estimate of drug-likeness (QED) is 0.217. The third-order valence-corrected chi connectivity index (χ3v) is 7.24. The van der Waals surface area contributed by atoms with Crippen LogP contribution in [0.4, 0.5) is 5.69 Å². The molecule has 0 bridgehead atoms. The number of hydrogen-bond donors (Lipinski definition) is 2. The van der Waals surface area contributed by atoms with Gasteiger partial charge in [-0.1, -0.05) is 6.07 Å². The lowest BCUT2D eigenvalue weighted by molar-refractivity contribution is 0.0686. The lowest BCUT2D eigenvalue weighted by atomic mass is 9.91. The van der Waals surface area contributed by atoms with Gasteiger partial charge in [0.15, 0.2) is 5.78 Å². The van der Waals surface area contributed by atoms with Crippen molar-refractivity contribution in [2.75, 3.05) is 0 Å². The summed E-state index contributed by atoms with van der Waals surface area (Å²) in [6.45, 7) is 5.03. The third kappa shape index (κ3) is 3.63. The van der Waals surface area contributed by atoms with Crippen LogP contribution in [0.1, 0.15) is 56.0 Å². The largest absolute Gasteiger partial charge is 0.478 e. The topological polar surface area (TPSA) is 138 Å². The van der Waals surface area contributed by atoms with Gasteiger partial charge in [-0.3, -0.25) is 19.0 Å². The minimum Gasteiger partial charge on any atom is -0.478 e. The van der Waals surface area contributed by atoms with Crippen molar-refractivity contribution < 1.29 is 24.6 Å². The fourth-order valence-electron chi connectivity index (χ4n) is 5.32. The van der Waals surface area contributed by atoms with E-state index in [9.17, 15) is 29.4 Å². The zero-order chi connectivity index (χ0) is 28.5. The highest BCUT2D eigenvalue weighted by atomic mass is 16.4. The lowest BCUT2D eigenvalue weighted by Gasteiger charge is -2.15. The van der Waals surface area contributed by atoms with Crippen LogP contribution in [-0.4, -0.2) is 43.0 Å².